The highest BCUT2D eigenvalue weighted by atomic mass is 32.2. The van der Waals surface area contributed by atoms with Gasteiger partial charge in [0.05, 0.1) is 12.2 Å². The molecule has 0 spiro atoms. The van der Waals surface area contributed by atoms with E-state index in [1.165, 1.54) is 4.31 Å². The van der Waals surface area contributed by atoms with E-state index in [2.05, 4.69) is 10.0 Å². The van der Waals surface area contributed by atoms with Crippen molar-refractivity contribution in [2.75, 3.05) is 20.1 Å². The van der Waals surface area contributed by atoms with Crippen LogP contribution in [-0.4, -0.2) is 57.2 Å². The first-order valence-electron chi connectivity index (χ1n) is 7.51. The van der Waals surface area contributed by atoms with Crippen LogP contribution >= 0.6 is 0 Å². The van der Waals surface area contributed by atoms with E-state index in [1.54, 1.807) is 0 Å². The summed E-state index contributed by atoms with van der Waals surface area (Å²) in [6.45, 7) is 4.70. The van der Waals surface area contributed by atoms with Crippen molar-refractivity contribution in [3.63, 3.8) is 0 Å². The lowest BCUT2D eigenvalue weighted by atomic mass is 9.92. The van der Waals surface area contributed by atoms with E-state index in [0.29, 0.717) is 19.1 Å². The van der Waals surface area contributed by atoms with E-state index in [1.807, 2.05) is 20.9 Å². The normalized spacial score (nSPS) is 37.0. The van der Waals surface area contributed by atoms with E-state index in [0.717, 1.165) is 25.7 Å². The average Bonchev–Trinajstić information content (AvgIpc) is 2.38. The molecule has 1 aliphatic carbocycles. The van der Waals surface area contributed by atoms with Crippen molar-refractivity contribution < 1.29 is 13.2 Å². The van der Waals surface area contributed by atoms with Gasteiger partial charge in [-0.3, -0.25) is 0 Å². The molecule has 0 aromatic rings. The van der Waals surface area contributed by atoms with Crippen molar-refractivity contribution in [1.29, 1.82) is 0 Å². The number of morpholine rings is 1. The predicted octanol–water partition coefficient (Wildman–Crippen LogP) is 0.461. The second-order valence-corrected chi connectivity index (χ2v) is 7.74. The summed E-state index contributed by atoms with van der Waals surface area (Å²) in [6.07, 6.45) is 3.77. The fourth-order valence-corrected chi connectivity index (χ4v) is 4.73. The molecular formula is C13H27N3O3S. The van der Waals surface area contributed by atoms with Crippen molar-refractivity contribution in [2.45, 2.75) is 63.8 Å². The second-order valence-electron chi connectivity index (χ2n) is 6.03. The summed E-state index contributed by atoms with van der Waals surface area (Å²) in [7, 11) is -1.43. The zero-order chi connectivity index (χ0) is 14.8. The van der Waals surface area contributed by atoms with Crippen molar-refractivity contribution in [1.82, 2.24) is 14.3 Å². The summed E-state index contributed by atoms with van der Waals surface area (Å²) in [4.78, 5) is 0. The molecule has 2 fully saturated rings. The molecule has 2 atom stereocenters. The van der Waals surface area contributed by atoms with E-state index in [9.17, 15) is 8.42 Å². The molecule has 0 aromatic carbocycles. The molecule has 0 bridgehead atoms. The second kappa shape index (κ2) is 6.70. The predicted molar refractivity (Wildman–Crippen MR) is 78.7 cm³/mol. The summed E-state index contributed by atoms with van der Waals surface area (Å²) in [5, 5.41) is 3.26. The highest BCUT2D eigenvalue weighted by molar-refractivity contribution is 7.87. The monoisotopic (exact) mass is 305 g/mol. The van der Waals surface area contributed by atoms with Gasteiger partial charge in [-0.15, -0.1) is 0 Å². The summed E-state index contributed by atoms with van der Waals surface area (Å²) in [6, 6.07) is 0.595. The molecule has 2 N–H and O–H groups in total. The van der Waals surface area contributed by atoms with Gasteiger partial charge in [-0.1, -0.05) is 0 Å². The zero-order valence-corrected chi connectivity index (χ0v) is 13.4. The Morgan fingerprint density at radius 1 is 1.00 bits per heavy atom. The van der Waals surface area contributed by atoms with E-state index < -0.39 is 10.2 Å². The van der Waals surface area contributed by atoms with Crippen molar-refractivity contribution in [2.24, 2.45) is 0 Å². The Hall–Kier alpha value is -0.210. The standard InChI is InChI=1S/C13H27N3O3S/c1-10-8-16(9-11(2)19-10)20(17,18)15-13-6-4-12(14-3)5-7-13/h10-15H,4-9H2,1-3H3. The molecule has 118 valence electrons. The van der Waals surface area contributed by atoms with Crippen LogP contribution in [0.5, 0.6) is 0 Å². The van der Waals surface area contributed by atoms with Gasteiger partial charge in [-0.05, 0) is 46.6 Å². The Morgan fingerprint density at radius 3 is 2.00 bits per heavy atom. The van der Waals surface area contributed by atoms with Crippen molar-refractivity contribution in [3.05, 3.63) is 0 Å². The fourth-order valence-electron chi connectivity index (χ4n) is 3.11. The van der Waals surface area contributed by atoms with Crippen LogP contribution in [0.4, 0.5) is 0 Å². The third-order valence-corrected chi connectivity index (χ3v) is 5.79. The Balaban J connectivity index is 1.90. The largest absolute Gasteiger partial charge is 0.373 e. The van der Waals surface area contributed by atoms with Gasteiger partial charge >= 0.3 is 0 Å². The first kappa shape index (κ1) is 16.2. The summed E-state index contributed by atoms with van der Waals surface area (Å²) in [5.41, 5.74) is 0. The maximum absolute atomic E-state index is 12.4. The Labute approximate surface area is 122 Å². The van der Waals surface area contributed by atoms with Gasteiger partial charge in [0.25, 0.3) is 10.2 Å². The molecule has 2 unspecified atom stereocenters. The molecule has 0 aromatic heterocycles. The topological polar surface area (TPSA) is 70.7 Å². The molecule has 7 heteroatoms. The number of hydrogen-bond donors (Lipinski definition) is 2. The maximum Gasteiger partial charge on any atom is 0.279 e. The van der Waals surface area contributed by atoms with Crippen LogP contribution in [0, 0.1) is 0 Å². The molecule has 2 rings (SSSR count). The Morgan fingerprint density at radius 2 is 1.50 bits per heavy atom. The Kier molecular flexibility index (Phi) is 5.42. The molecule has 1 saturated heterocycles. The van der Waals surface area contributed by atoms with Crippen LogP contribution in [0.2, 0.25) is 0 Å². The smallest absolute Gasteiger partial charge is 0.279 e. The molecule has 1 saturated carbocycles. The Bertz CT molecular complexity index is 397. The van der Waals surface area contributed by atoms with Crippen LogP contribution in [0.25, 0.3) is 0 Å². The quantitative estimate of drug-likeness (QED) is 0.792. The minimum Gasteiger partial charge on any atom is -0.373 e. The molecule has 1 aliphatic heterocycles. The van der Waals surface area contributed by atoms with Crippen molar-refractivity contribution in [3.8, 4) is 0 Å². The lowest BCUT2D eigenvalue weighted by molar-refractivity contribution is -0.0445. The van der Waals surface area contributed by atoms with Gasteiger partial charge < -0.3 is 10.1 Å². The van der Waals surface area contributed by atoms with E-state index >= 15 is 0 Å². The number of nitrogens with one attached hydrogen (secondary N) is 2. The van der Waals surface area contributed by atoms with Crippen LogP contribution in [0.1, 0.15) is 39.5 Å². The number of rotatable bonds is 4. The summed E-state index contributed by atoms with van der Waals surface area (Å²) >= 11 is 0. The van der Waals surface area contributed by atoms with E-state index in [-0.39, 0.29) is 18.2 Å². The molecule has 0 radical (unpaired) electrons. The molecule has 1 heterocycles. The minimum absolute atomic E-state index is 0.0460. The molecule has 6 nitrogen and oxygen atoms in total. The average molecular weight is 305 g/mol. The lowest BCUT2D eigenvalue weighted by Crippen LogP contribution is -2.54. The SMILES string of the molecule is CNC1CCC(NS(=O)(=O)N2CC(C)OC(C)C2)CC1. The number of nitrogens with zero attached hydrogens (tertiary/aromatic N) is 1. The van der Waals surface area contributed by atoms with E-state index in [4.69, 9.17) is 4.74 Å². The first-order chi connectivity index (χ1) is 9.40. The minimum atomic E-state index is -3.39. The fraction of sp³-hybridized carbons (Fsp3) is 1.00. The number of hydrogen-bond acceptors (Lipinski definition) is 4. The van der Waals surface area contributed by atoms with Crippen molar-refractivity contribution >= 4 is 10.2 Å². The molecule has 20 heavy (non-hydrogen) atoms. The van der Waals surface area contributed by atoms with Crippen LogP contribution in [-0.2, 0) is 14.9 Å². The molecular weight excluding hydrogens is 278 g/mol. The third-order valence-electron chi connectivity index (χ3n) is 4.18. The summed E-state index contributed by atoms with van der Waals surface area (Å²) in [5.74, 6) is 0. The summed E-state index contributed by atoms with van der Waals surface area (Å²) < 4.78 is 34.9. The van der Waals surface area contributed by atoms with Gasteiger partial charge in [0.1, 0.15) is 0 Å². The highest BCUT2D eigenvalue weighted by Gasteiger charge is 2.33. The van der Waals surface area contributed by atoms with Gasteiger partial charge in [0.2, 0.25) is 0 Å². The van der Waals surface area contributed by atoms with Crippen LogP contribution in [0.3, 0.4) is 0 Å². The molecule has 0 amide bonds. The third kappa shape index (κ3) is 4.14. The lowest BCUT2D eigenvalue weighted by Gasteiger charge is -2.36. The van der Waals surface area contributed by atoms with Gasteiger partial charge in [-0.2, -0.15) is 17.4 Å². The van der Waals surface area contributed by atoms with Crippen LogP contribution in [0.15, 0.2) is 0 Å². The first-order valence-corrected chi connectivity index (χ1v) is 8.95. The highest BCUT2D eigenvalue weighted by Crippen LogP contribution is 2.20. The van der Waals surface area contributed by atoms with Gasteiger partial charge in [-0.25, -0.2) is 0 Å². The van der Waals surface area contributed by atoms with Gasteiger partial charge in [0, 0.05) is 25.2 Å². The van der Waals surface area contributed by atoms with Gasteiger partial charge in [0.15, 0.2) is 0 Å². The van der Waals surface area contributed by atoms with Crippen LogP contribution < -0.4 is 10.0 Å². The number of ether oxygens (including phenoxy) is 1. The zero-order valence-electron chi connectivity index (χ0n) is 12.6. The maximum atomic E-state index is 12.4. The molecule has 2 aliphatic rings.